The van der Waals surface area contributed by atoms with E-state index >= 15 is 4.39 Å². The van der Waals surface area contributed by atoms with Gasteiger partial charge in [-0.15, -0.1) is 0 Å². The maximum Gasteiger partial charge on any atom is 0.307 e. The van der Waals surface area contributed by atoms with Crippen LogP contribution in [0.3, 0.4) is 0 Å². The van der Waals surface area contributed by atoms with Crippen molar-refractivity contribution < 1.29 is 44.0 Å². The minimum atomic E-state index is -2.11. The summed E-state index contributed by atoms with van der Waals surface area (Å²) in [5.41, 5.74) is -5.96. The summed E-state index contributed by atoms with van der Waals surface area (Å²) in [6, 6.07) is 0. The van der Waals surface area contributed by atoms with Gasteiger partial charge in [0.1, 0.15) is 5.60 Å². The van der Waals surface area contributed by atoms with E-state index in [2.05, 4.69) is 0 Å². The van der Waals surface area contributed by atoms with E-state index in [1.54, 1.807) is 20.8 Å². The number of fused-ring (bicyclic) bond motifs is 5. The van der Waals surface area contributed by atoms with Crippen molar-refractivity contribution in [1.82, 2.24) is 0 Å². The number of aliphatic hydroxyl groups excluding tert-OH is 1. The molecule has 3 saturated carbocycles. The monoisotopic (exact) mass is 492 g/mol. The number of carbonyl (C=O) groups excluding carboxylic acids is 2. The third kappa shape index (κ3) is 3.30. The fraction of sp³-hybridized carbons (Fsp3) is 0.692. The zero-order valence-electron chi connectivity index (χ0n) is 20.2. The number of carboxylic acids is 2. The van der Waals surface area contributed by atoms with Gasteiger partial charge in [-0.2, -0.15) is 0 Å². The maximum absolute atomic E-state index is 17.1. The van der Waals surface area contributed by atoms with Gasteiger partial charge in [0.05, 0.1) is 18.4 Å². The molecule has 0 heterocycles. The fourth-order valence-corrected chi connectivity index (χ4v) is 7.98. The summed E-state index contributed by atoms with van der Waals surface area (Å²) < 4.78 is 17.1. The highest BCUT2D eigenvalue weighted by Crippen LogP contribution is 2.70. The van der Waals surface area contributed by atoms with E-state index in [1.165, 1.54) is 18.2 Å². The van der Waals surface area contributed by atoms with Crippen molar-refractivity contribution in [3.05, 3.63) is 23.8 Å². The molecule has 0 spiro atoms. The number of aliphatic carboxylic acids is 2. The average Bonchev–Trinajstić information content (AvgIpc) is 2.96. The lowest BCUT2D eigenvalue weighted by Crippen LogP contribution is -2.69. The first-order valence-electron chi connectivity index (χ1n) is 12.1. The molecule has 0 bridgehead atoms. The molecule has 0 radical (unpaired) electrons. The van der Waals surface area contributed by atoms with Crippen molar-refractivity contribution in [3.8, 4) is 0 Å². The normalized spacial score (nSPS) is 45.1. The van der Waals surface area contributed by atoms with Crippen LogP contribution in [0.15, 0.2) is 23.8 Å². The van der Waals surface area contributed by atoms with E-state index in [-0.39, 0.29) is 12.2 Å². The second-order valence-corrected chi connectivity index (χ2v) is 11.4. The fourth-order valence-electron chi connectivity index (χ4n) is 7.98. The van der Waals surface area contributed by atoms with Crippen LogP contribution in [0.25, 0.3) is 0 Å². The standard InChI is InChI=1S/C26H33FO8/c1-13-8-18-17-5-4-15-11-16(28)6-7-23(15,2)25(17,27)20(30)12-24(18,3)26(13,35)19(29)9-14(22(33)34)10-21(31)32/h6-7,11,13-14,17-18,20,30,35H,4-5,8-10,12H2,1-3H3,(H,31,32)(H,33,34)/t13-,14?,17+,18+,20+,23+,24+,25+,26+/m1/s1. The third-order valence-corrected chi connectivity index (χ3v) is 9.85. The number of allylic oxidation sites excluding steroid dienone is 4. The summed E-state index contributed by atoms with van der Waals surface area (Å²) in [5, 5.41) is 41.7. The predicted molar refractivity (Wildman–Crippen MR) is 121 cm³/mol. The van der Waals surface area contributed by atoms with Gasteiger partial charge >= 0.3 is 11.9 Å². The van der Waals surface area contributed by atoms with Crippen LogP contribution in [-0.4, -0.2) is 61.3 Å². The Morgan fingerprint density at radius 3 is 2.43 bits per heavy atom. The zero-order valence-corrected chi connectivity index (χ0v) is 20.2. The van der Waals surface area contributed by atoms with Gasteiger partial charge < -0.3 is 20.4 Å². The maximum atomic E-state index is 17.1. The first-order chi connectivity index (χ1) is 16.1. The summed E-state index contributed by atoms with van der Waals surface area (Å²) >= 11 is 0. The topological polar surface area (TPSA) is 149 Å². The number of hydrogen-bond acceptors (Lipinski definition) is 6. The summed E-state index contributed by atoms with van der Waals surface area (Å²) in [6.45, 7) is 5.00. The summed E-state index contributed by atoms with van der Waals surface area (Å²) in [5.74, 6) is -7.14. The van der Waals surface area contributed by atoms with Crippen molar-refractivity contribution >= 4 is 23.5 Å². The van der Waals surface area contributed by atoms with Gasteiger partial charge in [0, 0.05) is 23.2 Å². The Kier molecular flexibility index (Phi) is 5.92. The molecule has 35 heavy (non-hydrogen) atoms. The van der Waals surface area contributed by atoms with E-state index in [0.29, 0.717) is 24.8 Å². The van der Waals surface area contributed by atoms with Crippen LogP contribution < -0.4 is 0 Å². The number of carboxylic acid groups (broad SMARTS) is 2. The first-order valence-corrected chi connectivity index (χ1v) is 12.1. The number of halogens is 1. The lowest BCUT2D eigenvalue weighted by molar-refractivity contribution is -0.219. The Balaban J connectivity index is 1.72. The van der Waals surface area contributed by atoms with Crippen LogP contribution in [0.4, 0.5) is 4.39 Å². The minimum absolute atomic E-state index is 0.224. The molecule has 4 aliphatic rings. The number of carbonyl (C=O) groups is 4. The second-order valence-electron chi connectivity index (χ2n) is 11.4. The van der Waals surface area contributed by atoms with Gasteiger partial charge in [-0.05, 0) is 56.6 Å². The highest BCUT2D eigenvalue weighted by molar-refractivity contribution is 6.01. The van der Waals surface area contributed by atoms with Crippen LogP contribution in [0, 0.1) is 34.5 Å². The number of ketones is 2. The van der Waals surface area contributed by atoms with Crippen molar-refractivity contribution in [2.24, 2.45) is 34.5 Å². The number of alkyl halides is 1. The molecule has 192 valence electrons. The van der Waals surface area contributed by atoms with Crippen LogP contribution >= 0.6 is 0 Å². The van der Waals surface area contributed by atoms with E-state index in [0.717, 1.165) is 0 Å². The zero-order chi connectivity index (χ0) is 26.1. The molecule has 4 aliphatic carbocycles. The SMILES string of the molecule is C[C@@H]1C[C@H]2[C@@H]3CCC4=CC(=O)C=C[C@]4(C)[C@@]3(F)[C@@H](O)C[C@]2(C)[C@@]1(O)C(=O)CC(CC(=O)O)C(=O)O. The molecule has 0 aromatic heterocycles. The summed E-state index contributed by atoms with van der Waals surface area (Å²) in [4.78, 5) is 48.1. The molecule has 0 aromatic carbocycles. The Bertz CT molecular complexity index is 1050. The Morgan fingerprint density at radius 1 is 1.17 bits per heavy atom. The molecular formula is C26H33FO8. The minimum Gasteiger partial charge on any atom is -0.481 e. The van der Waals surface area contributed by atoms with Gasteiger partial charge in [0.2, 0.25) is 0 Å². The molecule has 8 nitrogen and oxygen atoms in total. The van der Waals surface area contributed by atoms with Gasteiger partial charge in [0.15, 0.2) is 17.2 Å². The van der Waals surface area contributed by atoms with E-state index in [9.17, 15) is 34.5 Å². The summed E-state index contributed by atoms with van der Waals surface area (Å²) in [7, 11) is 0. The van der Waals surface area contributed by atoms with Crippen molar-refractivity contribution in [3.63, 3.8) is 0 Å². The highest BCUT2D eigenvalue weighted by atomic mass is 19.1. The Labute approximate surface area is 202 Å². The van der Waals surface area contributed by atoms with Gasteiger partial charge in [-0.1, -0.05) is 25.5 Å². The third-order valence-electron chi connectivity index (χ3n) is 9.85. The van der Waals surface area contributed by atoms with Gasteiger partial charge in [0.25, 0.3) is 0 Å². The quantitative estimate of drug-likeness (QED) is 0.442. The Morgan fingerprint density at radius 2 is 1.83 bits per heavy atom. The van der Waals surface area contributed by atoms with E-state index in [1.807, 2.05) is 0 Å². The number of aliphatic hydroxyl groups is 2. The smallest absolute Gasteiger partial charge is 0.307 e. The van der Waals surface area contributed by atoms with Crippen LogP contribution in [0.2, 0.25) is 0 Å². The molecule has 3 fully saturated rings. The molecule has 1 unspecified atom stereocenters. The predicted octanol–water partition coefficient (Wildman–Crippen LogP) is 2.47. The number of Topliss-reactive ketones (excluding diaryl/α,β-unsaturated/α-hetero) is 1. The molecular weight excluding hydrogens is 459 g/mol. The molecule has 0 saturated heterocycles. The van der Waals surface area contributed by atoms with Crippen molar-refractivity contribution in [1.29, 1.82) is 0 Å². The molecule has 4 N–H and O–H groups in total. The van der Waals surface area contributed by atoms with Gasteiger partial charge in [-0.3, -0.25) is 19.2 Å². The number of hydrogen-bond donors (Lipinski definition) is 4. The van der Waals surface area contributed by atoms with Crippen LogP contribution in [0.5, 0.6) is 0 Å². The second kappa shape index (κ2) is 8.06. The summed E-state index contributed by atoms with van der Waals surface area (Å²) in [6.07, 6.45) is 2.18. The molecule has 4 rings (SSSR count). The van der Waals surface area contributed by atoms with Crippen LogP contribution in [0.1, 0.15) is 59.3 Å². The molecule has 0 aromatic rings. The Hall–Kier alpha value is -2.39. The lowest BCUT2D eigenvalue weighted by Gasteiger charge is -2.62. The van der Waals surface area contributed by atoms with Crippen molar-refractivity contribution in [2.75, 3.05) is 0 Å². The lowest BCUT2D eigenvalue weighted by atomic mass is 9.44. The molecule has 0 amide bonds. The molecule has 9 atom stereocenters. The van der Waals surface area contributed by atoms with E-state index in [4.69, 9.17) is 5.11 Å². The van der Waals surface area contributed by atoms with Crippen LogP contribution in [-0.2, 0) is 19.2 Å². The number of rotatable bonds is 6. The largest absolute Gasteiger partial charge is 0.481 e. The van der Waals surface area contributed by atoms with E-state index < -0.39 is 82.4 Å². The average molecular weight is 493 g/mol. The molecule has 9 heteroatoms. The highest BCUT2D eigenvalue weighted by Gasteiger charge is 2.75. The van der Waals surface area contributed by atoms with Crippen molar-refractivity contribution in [2.45, 2.75) is 76.7 Å². The first kappa shape index (κ1) is 25.7. The molecule has 0 aliphatic heterocycles. The van der Waals surface area contributed by atoms with Gasteiger partial charge in [-0.25, -0.2) is 4.39 Å².